The zero-order valence-electron chi connectivity index (χ0n) is 10.8. The van der Waals surface area contributed by atoms with Crippen LogP contribution in [0, 0.1) is 18.7 Å². The van der Waals surface area contributed by atoms with Crippen molar-refractivity contribution in [3.8, 4) is 0 Å². The second-order valence-electron chi connectivity index (χ2n) is 4.96. The summed E-state index contributed by atoms with van der Waals surface area (Å²) in [6, 6.07) is 3.96. The first-order valence-corrected chi connectivity index (χ1v) is 7.76. The van der Waals surface area contributed by atoms with Gasteiger partial charge in [-0.15, -0.1) is 0 Å². The molecule has 1 fully saturated rings. The average molecular weight is 287 g/mol. The third-order valence-corrected chi connectivity index (χ3v) is 5.38. The number of hydrogen-bond donors (Lipinski definition) is 1. The van der Waals surface area contributed by atoms with Gasteiger partial charge < -0.3 is 5.11 Å². The van der Waals surface area contributed by atoms with Gasteiger partial charge in [-0.2, -0.15) is 4.31 Å². The Morgan fingerprint density at radius 1 is 1.47 bits per heavy atom. The molecular weight excluding hydrogens is 269 g/mol. The zero-order chi connectivity index (χ0) is 14.0. The molecule has 2 rings (SSSR count). The summed E-state index contributed by atoms with van der Waals surface area (Å²) in [7, 11) is -3.66. The fourth-order valence-electron chi connectivity index (χ4n) is 2.28. The lowest BCUT2D eigenvalue weighted by Crippen LogP contribution is -2.40. The SMILES string of the molecule is Cc1ccc(S(=O)(=O)N2CCCC(CO)C2)cc1F. The molecule has 1 aliphatic heterocycles. The molecule has 0 aromatic heterocycles. The molecule has 106 valence electrons. The highest BCUT2D eigenvalue weighted by molar-refractivity contribution is 7.89. The summed E-state index contributed by atoms with van der Waals surface area (Å²) in [5.41, 5.74) is 0.422. The van der Waals surface area contributed by atoms with Gasteiger partial charge >= 0.3 is 0 Å². The first-order valence-electron chi connectivity index (χ1n) is 6.32. The van der Waals surface area contributed by atoms with Crippen LogP contribution in [0.15, 0.2) is 23.1 Å². The lowest BCUT2D eigenvalue weighted by Gasteiger charge is -2.30. The molecule has 1 unspecified atom stereocenters. The molecule has 0 spiro atoms. The Labute approximate surface area is 112 Å². The number of piperidine rings is 1. The molecule has 1 atom stereocenters. The van der Waals surface area contributed by atoms with E-state index in [-0.39, 0.29) is 17.4 Å². The van der Waals surface area contributed by atoms with Gasteiger partial charge in [0.2, 0.25) is 10.0 Å². The van der Waals surface area contributed by atoms with Crippen LogP contribution in [0.4, 0.5) is 4.39 Å². The normalized spacial score (nSPS) is 21.5. The van der Waals surface area contributed by atoms with Crippen molar-refractivity contribution in [3.05, 3.63) is 29.6 Å². The predicted molar refractivity (Wildman–Crippen MR) is 69.7 cm³/mol. The molecule has 1 aliphatic rings. The lowest BCUT2D eigenvalue weighted by atomic mass is 10.0. The zero-order valence-corrected chi connectivity index (χ0v) is 11.7. The van der Waals surface area contributed by atoms with Crippen molar-refractivity contribution >= 4 is 10.0 Å². The maximum Gasteiger partial charge on any atom is 0.243 e. The topological polar surface area (TPSA) is 57.6 Å². The van der Waals surface area contributed by atoms with E-state index in [4.69, 9.17) is 5.11 Å². The smallest absolute Gasteiger partial charge is 0.243 e. The van der Waals surface area contributed by atoms with Crippen molar-refractivity contribution in [2.75, 3.05) is 19.7 Å². The highest BCUT2D eigenvalue weighted by atomic mass is 32.2. The molecule has 6 heteroatoms. The van der Waals surface area contributed by atoms with Crippen LogP contribution in [0.3, 0.4) is 0 Å². The number of halogens is 1. The van der Waals surface area contributed by atoms with E-state index in [0.29, 0.717) is 18.7 Å². The van der Waals surface area contributed by atoms with E-state index >= 15 is 0 Å². The van der Waals surface area contributed by atoms with Gasteiger partial charge in [0, 0.05) is 19.7 Å². The largest absolute Gasteiger partial charge is 0.396 e. The molecule has 1 N–H and O–H groups in total. The van der Waals surface area contributed by atoms with Gasteiger partial charge in [0.05, 0.1) is 4.90 Å². The molecular formula is C13H18FNO3S. The maximum atomic E-state index is 13.5. The van der Waals surface area contributed by atoms with Gasteiger partial charge in [0.1, 0.15) is 5.82 Å². The van der Waals surface area contributed by atoms with Crippen molar-refractivity contribution in [1.82, 2.24) is 4.31 Å². The van der Waals surface area contributed by atoms with Gasteiger partial charge in [0.25, 0.3) is 0 Å². The molecule has 1 heterocycles. The number of aryl methyl sites for hydroxylation is 1. The van der Waals surface area contributed by atoms with Gasteiger partial charge in [-0.25, -0.2) is 12.8 Å². The summed E-state index contributed by atoms with van der Waals surface area (Å²) in [5, 5.41) is 9.14. The van der Waals surface area contributed by atoms with E-state index in [9.17, 15) is 12.8 Å². The van der Waals surface area contributed by atoms with Crippen LogP contribution in [-0.4, -0.2) is 37.5 Å². The Morgan fingerprint density at radius 2 is 2.21 bits per heavy atom. The van der Waals surface area contributed by atoms with E-state index in [0.717, 1.165) is 18.9 Å². The summed E-state index contributed by atoms with van der Waals surface area (Å²) in [5.74, 6) is -0.546. The molecule has 1 aromatic rings. The Hall–Kier alpha value is -0.980. The van der Waals surface area contributed by atoms with Gasteiger partial charge in [-0.05, 0) is 43.4 Å². The summed E-state index contributed by atoms with van der Waals surface area (Å²) < 4.78 is 39.6. The van der Waals surface area contributed by atoms with E-state index in [2.05, 4.69) is 0 Å². The number of rotatable bonds is 3. The summed E-state index contributed by atoms with van der Waals surface area (Å²) in [4.78, 5) is -0.0193. The Bertz CT molecular complexity index is 559. The summed E-state index contributed by atoms with van der Waals surface area (Å²) >= 11 is 0. The van der Waals surface area contributed by atoms with Crippen molar-refractivity contribution < 1.29 is 17.9 Å². The number of hydrogen-bond acceptors (Lipinski definition) is 3. The summed E-state index contributed by atoms with van der Waals surface area (Å²) in [6.07, 6.45) is 1.55. The van der Waals surface area contributed by atoms with E-state index in [1.54, 1.807) is 6.92 Å². The molecule has 0 saturated carbocycles. The number of aliphatic hydroxyl groups is 1. The number of benzene rings is 1. The van der Waals surface area contributed by atoms with Crippen molar-refractivity contribution in [2.45, 2.75) is 24.7 Å². The van der Waals surface area contributed by atoms with Gasteiger partial charge in [-0.1, -0.05) is 6.07 Å². The van der Waals surface area contributed by atoms with E-state index in [1.807, 2.05) is 0 Å². The first-order chi connectivity index (χ1) is 8.95. The Balaban J connectivity index is 2.28. The van der Waals surface area contributed by atoms with Crippen LogP contribution >= 0.6 is 0 Å². The monoisotopic (exact) mass is 287 g/mol. The highest BCUT2D eigenvalue weighted by Crippen LogP contribution is 2.24. The molecule has 0 radical (unpaired) electrons. The molecule has 0 bridgehead atoms. The van der Waals surface area contributed by atoms with Gasteiger partial charge in [0.15, 0.2) is 0 Å². The van der Waals surface area contributed by atoms with Crippen LogP contribution < -0.4 is 0 Å². The minimum atomic E-state index is -3.66. The average Bonchev–Trinajstić information content (AvgIpc) is 2.41. The Morgan fingerprint density at radius 3 is 2.84 bits per heavy atom. The number of sulfonamides is 1. The number of nitrogens with zero attached hydrogens (tertiary/aromatic N) is 1. The molecule has 19 heavy (non-hydrogen) atoms. The van der Waals surface area contributed by atoms with E-state index in [1.165, 1.54) is 16.4 Å². The fourth-order valence-corrected chi connectivity index (χ4v) is 3.84. The second kappa shape index (κ2) is 5.56. The number of aliphatic hydroxyl groups excluding tert-OH is 1. The fraction of sp³-hybridized carbons (Fsp3) is 0.538. The van der Waals surface area contributed by atoms with E-state index < -0.39 is 15.8 Å². The third-order valence-electron chi connectivity index (χ3n) is 3.52. The third kappa shape index (κ3) is 2.96. The van der Waals surface area contributed by atoms with Crippen LogP contribution in [0.2, 0.25) is 0 Å². The summed E-state index contributed by atoms with van der Waals surface area (Å²) in [6.45, 7) is 2.30. The van der Waals surface area contributed by atoms with Crippen molar-refractivity contribution in [3.63, 3.8) is 0 Å². The quantitative estimate of drug-likeness (QED) is 0.917. The first kappa shape index (κ1) is 14.4. The molecule has 1 aromatic carbocycles. The van der Waals surface area contributed by atoms with Crippen molar-refractivity contribution in [1.29, 1.82) is 0 Å². The predicted octanol–water partition coefficient (Wildman–Crippen LogP) is 1.53. The minimum Gasteiger partial charge on any atom is -0.396 e. The maximum absolute atomic E-state index is 13.5. The van der Waals surface area contributed by atoms with Crippen molar-refractivity contribution in [2.24, 2.45) is 5.92 Å². The van der Waals surface area contributed by atoms with Crippen LogP contribution in [-0.2, 0) is 10.0 Å². The molecule has 4 nitrogen and oxygen atoms in total. The minimum absolute atomic E-state index is 0.0193. The lowest BCUT2D eigenvalue weighted by molar-refractivity contribution is 0.165. The van der Waals surface area contributed by atoms with Crippen LogP contribution in [0.1, 0.15) is 18.4 Å². The van der Waals surface area contributed by atoms with Gasteiger partial charge in [-0.3, -0.25) is 0 Å². The highest BCUT2D eigenvalue weighted by Gasteiger charge is 2.30. The second-order valence-corrected chi connectivity index (χ2v) is 6.90. The molecule has 0 aliphatic carbocycles. The van der Waals surface area contributed by atoms with Crippen LogP contribution in [0.5, 0.6) is 0 Å². The Kier molecular flexibility index (Phi) is 4.23. The van der Waals surface area contributed by atoms with Crippen LogP contribution in [0.25, 0.3) is 0 Å². The molecule has 0 amide bonds. The molecule has 1 saturated heterocycles. The standard InChI is InChI=1S/C13H18FNO3S/c1-10-4-5-12(7-13(10)14)19(17,18)15-6-2-3-11(8-15)9-16/h4-5,7,11,16H,2-3,6,8-9H2,1H3.